The van der Waals surface area contributed by atoms with Gasteiger partial charge in [-0.3, -0.25) is 9.59 Å². The van der Waals surface area contributed by atoms with Crippen LogP contribution in [0.2, 0.25) is 0 Å². The van der Waals surface area contributed by atoms with Crippen LogP contribution in [-0.2, 0) is 11.2 Å². The van der Waals surface area contributed by atoms with Gasteiger partial charge in [-0.2, -0.15) is 8.78 Å². The summed E-state index contributed by atoms with van der Waals surface area (Å²) in [4.78, 5) is 21.2. The van der Waals surface area contributed by atoms with Crippen LogP contribution >= 0.6 is 0 Å². The largest absolute Gasteiger partial charge is 0.481 e. The molecule has 0 heterocycles. The van der Waals surface area contributed by atoms with Gasteiger partial charge in [0.05, 0.1) is 6.42 Å². The van der Waals surface area contributed by atoms with E-state index in [-0.39, 0.29) is 16.9 Å². The van der Waals surface area contributed by atoms with Gasteiger partial charge in [0.2, 0.25) is 0 Å². The summed E-state index contributed by atoms with van der Waals surface area (Å²) < 4.78 is 28.4. The minimum atomic E-state index is -3.04. The predicted octanol–water partition coefficient (Wildman–Crippen LogP) is 2.04. The van der Waals surface area contributed by atoms with Crippen molar-refractivity contribution in [3.8, 4) is 5.75 Å². The molecule has 4 nitrogen and oxygen atoms in total. The number of hydrogen-bond acceptors (Lipinski definition) is 3. The number of carboxylic acids is 1. The van der Waals surface area contributed by atoms with E-state index in [2.05, 4.69) is 4.74 Å². The topological polar surface area (TPSA) is 63.6 Å². The standard InChI is InChI=1S/C11H10F2O4/c1-6-2-9(17-11(12)13)7(4-10(15)16)3-8(6)5-14/h2-3,5,11H,4H2,1H3,(H,15,16). The van der Waals surface area contributed by atoms with Crippen LogP contribution < -0.4 is 4.74 Å². The Bertz CT molecular complexity index is 443. The molecule has 0 spiro atoms. The molecule has 0 bridgehead atoms. The Morgan fingerprint density at radius 3 is 2.65 bits per heavy atom. The molecule has 1 aromatic rings. The molecule has 6 heteroatoms. The van der Waals surface area contributed by atoms with Crippen molar-refractivity contribution in [3.05, 3.63) is 28.8 Å². The lowest BCUT2D eigenvalue weighted by molar-refractivity contribution is -0.136. The summed E-state index contributed by atoms with van der Waals surface area (Å²) in [7, 11) is 0. The maximum atomic E-state index is 12.1. The molecule has 0 aliphatic heterocycles. The Labute approximate surface area is 95.8 Å². The summed E-state index contributed by atoms with van der Waals surface area (Å²) in [5, 5.41) is 8.63. The molecule has 0 radical (unpaired) electrons. The van der Waals surface area contributed by atoms with Crippen molar-refractivity contribution in [1.29, 1.82) is 0 Å². The number of aliphatic carboxylic acids is 1. The van der Waals surface area contributed by atoms with Gasteiger partial charge in [0, 0.05) is 11.1 Å². The molecule has 0 aliphatic carbocycles. The fraction of sp³-hybridized carbons (Fsp3) is 0.273. The normalized spacial score (nSPS) is 10.4. The van der Waals surface area contributed by atoms with Crippen LogP contribution in [0.25, 0.3) is 0 Å². The van der Waals surface area contributed by atoms with E-state index in [1.54, 1.807) is 6.92 Å². The molecular weight excluding hydrogens is 234 g/mol. The second kappa shape index (κ2) is 5.38. The monoisotopic (exact) mass is 244 g/mol. The molecule has 17 heavy (non-hydrogen) atoms. The molecule has 0 atom stereocenters. The molecule has 0 amide bonds. The van der Waals surface area contributed by atoms with Crippen LogP contribution in [0, 0.1) is 6.92 Å². The molecule has 0 saturated heterocycles. The number of hydrogen-bond donors (Lipinski definition) is 1. The van der Waals surface area contributed by atoms with E-state index in [4.69, 9.17) is 5.11 Å². The number of carbonyl (C=O) groups is 2. The summed E-state index contributed by atoms with van der Waals surface area (Å²) in [6.45, 7) is -1.49. The Morgan fingerprint density at radius 1 is 1.53 bits per heavy atom. The van der Waals surface area contributed by atoms with Crippen molar-refractivity contribution in [3.63, 3.8) is 0 Å². The molecule has 0 aromatic heterocycles. The minimum Gasteiger partial charge on any atom is -0.481 e. The highest BCUT2D eigenvalue weighted by Crippen LogP contribution is 2.25. The van der Waals surface area contributed by atoms with Gasteiger partial charge in [0.1, 0.15) is 12.0 Å². The lowest BCUT2D eigenvalue weighted by Gasteiger charge is -2.11. The predicted molar refractivity (Wildman–Crippen MR) is 54.5 cm³/mol. The smallest absolute Gasteiger partial charge is 0.387 e. The average molecular weight is 244 g/mol. The van der Waals surface area contributed by atoms with Crippen LogP contribution in [0.5, 0.6) is 5.75 Å². The number of ether oxygens (including phenoxy) is 1. The van der Waals surface area contributed by atoms with E-state index >= 15 is 0 Å². The SMILES string of the molecule is Cc1cc(OC(F)F)c(CC(=O)O)cc1C=O. The second-order valence-electron chi connectivity index (χ2n) is 3.38. The van der Waals surface area contributed by atoms with Gasteiger partial charge < -0.3 is 9.84 Å². The van der Waals surface area contributed by atoms with Crippen molar-refractivity contribution in [2.75, 3.05) is 0 Å². The van der Waals surface area contributed by atoms with Gasteiger partial charge >= 0.3 is 12.6 Å². The van der Waals surface area contributed by atoms with E-state index in [9.17, 15) is 18.4 Å². The van der Waals surface area contributed by atoms with Crippen LogP contribution in [0.15, 0.2) is 12.1 Å². The average Bonchev–Trinajstić information content (AvgIpc) is 2.20. The highest BCUT2D eigenvalue weighted by molar-refractivity contribution is 5.80. The lowest BCUT2D eigenvalue weighted by atomic mass is 10.0. The summed E-state index contributed by atoms with van der Waals surface area (Å²) in [5.41, 5.74) is 0.748. The fourth-order valence-electron chi connectivity index (χ4n) is 1.38. The van der Waals surface area contributed by atoms with Crippen molar-refractivity contribution >= 4 is 12.3 Å². The Balaban J connectivity index is 3.20. The zero-order valence-electron chi connectivity index (χ0n) is 8.94. The maximum absolute atomic E-state index is 12.1. The second-order valence-corrected chi connectivity index (χ2v) is 3.38. The van der Waals surface area contributed by atoms with Crippen LogP contribution in [0.1, 0.15) is 21.5 Å². The first-order chi connectivity index (χ1) is 7.93. The van der Waals surface area contributed by atoms with E-state index in [1.165, 1.54) is 12.1 Å². The van der Waals surface area contributed by atoms with Gasteiger partial charge in [-0.15, -0.1) is 0 Å². The van der Waals surface area contributed by atoms with E-state index in [1.807, 2.05) is 0 Å². The van der Waals surface area contributed by atoms with Crippen LogP contribution in [0.4, 0.5) is 8.78 Å². The Morgan fingerprint density at radius 2 is 2.18 bits per heavy atom. The summed E-state index contributed by atoms with van der Waals surface area (Å²) in [6.07, 6.45) is 0.0516. The zero-order valence-corrected chi connectivity index (χ0v) is 8.94. The zero-order chi connectivity index (χ0) is 13.0. The summed E-state index contributed by atoms with van der Waals surface area (Å²) in [6, 6.07) is 2.47. The number of benzene rings is 1. The molecule has 92 valence electrons. The molecule has 1 aromatic carbocycles. The number of halogens is 2. The molecule has 0 aliphatic rings. The van der Waals surface area contributed by atoms with Gasteiger partial charge in [-0.05, 0) is 24.6 Å². The third kappa shape index (κ3) is 3.51. The number of alkyl halides is 2. The maximum Gasteiger partial charge on any atom is 0.387 e. The number of carbonyl (C=O) groups excluding carboxylic acids is 1. The third-order valence-corrected chi connectivity index (χ3v) is 2.13. The van der Waals surface area contributed by atoms with E-state index < -0.39 is 19.0 Å². The molecular formula is C11H10F2O4. The summed E-state index contributed by atoms with van der Waals surface area (Å²) in [5.74, 6) is -1.41. The van der Waals surface area contributed by atoms with Crippen molar-refractivity contribution < 1.29 is 28.2 Å². The van der Waals surface area contributed by atoms with Crippen molar-refractivity contribution in [2.24, 2.45) is 0 Å². The third-order valence-electron chi connectivity index (χ3n) is 2.13. The van der Waals surface area contributed by atoms with E-state index in [0.717, 1.165) is 0 Å². The number of aryl methyl sites for hydroxylation is 1. The van der Waals surface area contributed by atoms with Gasteiger partial charge in [0.25, 0.3) is 0 Å². The van der Waals surface area contributed by atoms with Crippen molar-refractivity contribution in [2.45, 2.75) is 20.0 Å². The highest BCUT2D eigenvalue weighted by Gasteiger charge is 2.14. The highest BCUT2D eigenvalue weighted by atomic mass is 19.3. The van der Waals surface area contributed by atoms with Crippen molar-refractivity contribution in [1.82, 2.24) is 0 Å². The summed E-state index contributed by atoms with van der Waals surface area (Å²) >= 11 is 0. The fourth-order valence-corrected chi connectivity index (χ4v) is 1.38. The first kappa shape index (κ1) is 13.1. The molecule has 1 N–H and O–H groups in total. The van der Waals surface area contributed by atoms with Gasteiger partial charge in [0.15, 0.2) is 0 Å². The van der Waals surface area contributed by atoms with Crippen LogP contribution in [0.3, 0.4) is 0 Å². The Kier molecular flexibility index (Phi) is 4.14. The quantitative estimate of drug-likeness (QED) is 0.805. The molecule has 0 unspecified atom stereocenters. The Hall–Kier alpha value is -1.98. The number of rotatable bonds is 5. The molecule has 1 rings (SSSR count). The first-order valence-electron chi connectivity index (χ1n) is 4.69. The van der Waals surface area contributed by atoms with Gasteiger partial charge in [-0.1, -0.05) is 0 Å². The van der Waals surface area contributed by atoms with Crippen LogP contribution in [-0.4, -0.2) is 24.0 Å². The number of aldehydes is 1. The number of carboxylic acid groups (broad SMARTS) is 1. The van der Waals surface area contributed by atoms with E-state index in [0.29, 0.717) is 11.8 Å². The minimum absolute atomic E-state index is 0.0468. The lowest BCUT2D eigenvalue weighted by Crippen LogP contribution is -2.09. The van der Waals surface area contributed by atoms with Gasteiger partial charge in [-0.25, -0.2) is 0 Å². The molecule has 0 saturated carbocycles. The first-order valence-corrected chi connectivity index (χ1v) is 4.69. The molecule has 0 fully saturated rings.